The molecule has 0 fully saturated rings. The van der Waals surface area contributed by atoms with Crippen LogP contribution in [0.1, 0.15) is 71.1 Å². The van der Waals surface area contributed by atoms with E-state index in [1.165, 1.54) is 64.2 Å². The van der Waals surface area contributed by atoms with Crippen LogP contribution in [0.4, 0.5) is 0 Å². The van der Waals surface area contributed by atoms with Crippen molar-refractivity contribution < 1.29 is 0 Å². The minimum atomic E-state index is 0.342. The Morgan fingerprint density at radius 2 is 1.33 bits per heavy atom. The van der Waals surface area contributed by atoms with Crippen LogP contribution in [0.2, 0.25) is 0 Å². The van der Waals surface area contributed by atoms with Gasteiger partial charge in [0.2, 0.25) is 0 Å². The molecule has 0 saturated heterocycles. The molecule has 0 aliphatic heterocycles. The van der Waals surface area contributed by atoms with Crippen LogP contribution in [0.15, 0.2) is 0 Å². The van der Waals surface area contributed by atoms with E-state index in [9.17, 15) is 0 Å². The second-order valence-corrected chi connectivity index (χ2v) is 5.63. The summed E-state index contributed by atoms with van der Waals surface area (Å²) in [5, 5.41) is 1.28. The summed E-state index contributed by atoms with van der Waals surface area (Å²) in [5.74, 6) is 0. The lowest BCUT2D eigenvalue weighted by molar-refractivity contribution is 0.556. The molecule has 1 atom stereocenters. The van der Waals surface area contributed by atoms with Crippen molar-refractivity contribution in [2.75, 3.05) is 5.33 Å². The molecule has 0 bridgehead atoms. The minimum absolute atomic E-state index is 0.342. The predicted octanol–water partition coefficient (Wildman–Crippen LogP) is 5.91. The second kappa shape index (κ2) is 12.8. The van der Waals surface area contributed by atoms with Crippen LogP contribution in [0, 0.1) is 0 Å². The van der Waals surface area contributed by atoms with Gasteiger partial charge in [-0.05, 0) is 6.42 Å². The largest absolute Gasteiger partial charge is 0.122 e. The summed E-state index contributed by atoms with van der Waals surface area (Å²) in [7, 11) is 0. The van der Waals surface area contributed by atoms with Crippen LogP contribution in [-0.2, 0) is 0 Å². The van der Waals surface area contributed by atoms with Gasteiger partial charge in [-0.2, -0.15) is 0 Å². The summed E-state index contributed by atoms with van der Waals surface area (Å²) < 4.78 is 0. The van der Waals surface area contributed by atoms with Crippen molar-refractivity contribution in [3.8, 4) is 0 Å². The lowest BCUT2D eigenvalue weighted by Crippen LogP contribution is -1.98. The predicted molar refractivity (Wildman–Crippen MR) is 75.3 cm³/mol. The summed E-state index contributed by atoms with van der Waals surface area (Å²) in [5.41, 5.74) is 0. The van der Waals surface area contributed by atoms with Gasteiger partial charge in [-0.3, -0.25) is 0 Å². The van der Waals surface area contributed by atoms with E-state index >= 15 is 0 Å². The molecule has 0 aromatic carbocycles. The Morgan fingerprint density at radius 1 is 0.867 bits per heavy atom. The van der Waals surface area contributed by atoms with E-state index in [0.29, 0.717) is 5.38 Å². The third-order valence-corrected chi connectivity index (χ3v) is 4.32. The van der Waals surface area contributed by atoms with Gasteiger partial charge in [0.15, 0.2) is 0 Å². The number of halogens is 2. The summed E-state index contributed by atoms with van der Waals surface area (Å²) in [6.07, 6.45) is 13.7. The highest BCUT2D eigenvalue weighted by atomic mass is 79.9. The SMILES string of the molecule is CCCCCCCCCCCC(Cl)CBr. The molecule has 0 amide bonds. The first-order chi connectivity index (χ1) is 7.31. The molecule has 92 valence electrons. The van der Waals surface area contributed by atoms with Crippen molar-refractivity contribution in [2.24, 2.45) is 0 Å². The number of rotatable bonds is 11. The van der Waals surface area contributed by atoms with E-state index in [0.717, 1.165) is 5.33 Å². The molecule has 15 heavy (non-hydrogen) atoms. The molecule has 0 aromatic heterocycles. The molecule has 0 spiro atoms. The third-order valence-electron chi connectivity index (χ3n) is 2.79. The fourth-order valence-electron chi connectivity index (χ4n) is 1.75. The summed E-state index contributed by atoms with van der Waals surface area (Å²) >= 11 is 9.42. The highest BCUT2D eigenvalue weighted by Gasteiger charge is 2.00. The topological polar surface area (TPSA) is 0 Å². The van der Waals surface area contributed by atoms with Gasteiger partial charge in [0.1, 0.15) is 0 Å². The van der Waals surface area contributed by atoms with Crippen LogP contribution < -0.4 is 0 Å². The van der Waals surface area contributed by atoms with E-state index in [1.807, 2.05) is 0 Å². The van der Waals surface area contributed by atoms with Crippen molar-refractivity contribution in [1.82, 2.24) is 0 Å². The normalized spacial score (nSPS) is 13.0. The van der Waals surface area contributed by atoms with E-state index < -0.39 is 0 Å². The summed E-state index contributed by atoms with van der Waals surface area (Å²) in [6, 6.07) is 0. The molecule has 0 aliphatic carbocycles. The Kier molecular flexibility index (Phi) is 13.5. The van der Waals surface area contributed by atoms with Crippen LogP contribution >= 0.6 is 27.5 Å². The van der Waals surface area contributed by atoms with Gasteiger partial charge in [0.05, 0.1) is 0 Å². The fourth-order valence-corrected chi connectivity index (χ4v) is 2.23. The maximum absolute atomic E-state index is 6.02. The maximum atomic E-state index is 6.02. The molecule has 0 aliphatic rings. The molecule has 0 heterocycles. The zero-order valence-electron chi connectivity index (χ0n) is 10.1. The van der Waals surface area contributed by atoms with Gasteiger partial charge in [0, 0.05) is 10.7 Å². The van der Waals surface area contributed by atoms with Crippen molar-refractivity contribution in [3.05, 3.63) is 0 Å². The van der Waals surface area contributed by atoms with Gasteiger partial charge in [-0.15, -0.1) is 11.6 Å². The zero-order chi connectivity index (χ0) is 11.4. The minimum Gasteiger partial charge on any atom is -0.122 e. The van der Waals surface area contributed by atoms with Gasteiger partial charge in [0.25, 0.3) is 0 Å². The Balaban J connectivity index is 2.92. The van der Waals surface area contributed by atoms with Gasteiger partial charge < -0.3 is 0 Å². The molecule has 1 unspecified atom stereocenters. The maximum Gasteiger partial charge on any atom is 0.0432 e. The Labute approximate surface area is 109 Å². The van der Waals surface area contributed by atoms with Crippen molar-refractivity contribution >= 4 is 27.5 Å². The quantitative estimate of drug-likeness (QED) is 0.328. The first-order valence-electron chi connectivity index (χ1n) is 6.51. The van der Waals surface area contributed by atoms with Gasteiger partial charge in [-0.1, -0.05) is 80.6 Å². The first kappa shape index (κ1) is 15.8. The van der Waals surface area contributed by atoms with Gasteiger partial charge >= 0.3 is 0 Å². The average Bonchev–Trinajstić information content (AvgIpc) is 2.26. The van der Waals surface area contributed by atoms with E-state index in [2.05, 4.69) is 22.9 Å². The number of unbranched alkanes of at least 4 members (excludes halogenated alkanes) is 8. The Bertz CT molecular complexity index is 117. The fraction of sp³-hybridized carbons (Fsp3) is 1.00. The zero-order valence-corrected chi connectivity index (χ0v) is 12.5. The van der Waals surface area contributed by atoms with Crippen LogP contribution in [0.5, 0.6) is 0 Å². The number of alkyl halides is 2. The molecular formula is C13H26BrCl. The second-order valence-electron chi connectivity index (χ2n) is 4.37. The van der Waals surface area contributed by atoms with Crippen LogP contribution in [0.25, 0.3) is 0 Å². The third kappa shape index (κ3) is 12.7. The lowest BCUT2D eigenvalue weighted by atomic mass is 10.1. The van der Waals surface area contributed by atoms with E-state index in [4.69, 9.17) is 11.6 Å². The molecule has 0 nitrogen and oxygen atoms in total. The molecule has 2 heteroatoms. The van der Waals surface area contributed by atoms with E-state index in [-0.39, 0.29) is 0 Å². The first-order valence-corrected chi connectivity index (χ1v) is 8.07. The Hall–Kier alpha value is 0.770. The standard InChI is InChI=1S/C13H26BrCl/c1-2-3-4-5-6-7-8-9-10-11-13(15)12-14/h13H,2-12H2,1H3. The smallest absolute Gasteiger partial charge is 0.0432 e. The Morgan fingerprint density at radius 3 is 1.80 bits per heavy atom. The molecule has 0 N–H and O–H groups in total. The molecule has 0 aromatic rings. The van der Waals surface area contributed by atoms with Crippen molar-refractivity contribution in [3.63, 3.8) is 0 Å². The number of hydrogen-bond donors (Lipinski definition) is 0. The number of hydrogen-bond acceptors (Lipinski definition) is 0. The molecule has 0 saturated carbocycles. The van der Waals surface area contributed by atoms with Crippen molar-refractivity contribution in [2.45, 2.75) is 76.5 Å². The van der Waals surface area contributed by atoms with Crippen LogP contribution in [-0.4, -0.2) is 10.7 Å². The summed E-state index contributed by atoms with van der Waals surface area (Å²) in [6.45, 7) is 2.27. The molecule has 0 radical (unpaired) electrons. The van der Waals surface area contributed by atoms with Crippen molar-refractivity contribution in [1.29, 1.82) is 0 Å². The van der Waals surface area contributed by atoms with E-state index in [1.54, 1.807) is 0 Å². The van der Waals surface area contributed by atoms with Crippen LogP contribution in [0.3, 0.4) is 0 Å². The lowest BCUT2D eigenvalue weighted by Gasteiger charge is -2.05. The van der Waals surface area contributed by atoms with Gasteiger partial charge in [-0.25, -0.2) is 0 Å². The highest BCUT2D eigenvalue weighted by Crippen LogP contribution is 2.14. The molecule has 0 rings (SSSR count). The molecular weight excluding hydrogens is 272 g/mol. The summed E-state index contributed by atoms with van der Waals surface area (Å²) in [4.78, 5) is 0. The monoisotopic (exact) mass is 296 g/mol. The highest BCUT2D eigenvalue weighted by molar-refractivity contribution is 9.09. The average molecular weight is 298 g/mol.